The zero-order valence-corrected chi connectivity index (χ0v) is 20.3. The number of halogens is 2. The summed E-state index contributed by atoms with van der Waals surface area (Å²) in [6.07, 6.45) is -2.23. The second-order valence-electron chi connectivity index (χ2n) is 8.48. The third-order valence-electron chi connectivity index (χ3n) is 5.92. The molecule has 1 aliphatic heterocycles. The molecule has 5 N–H and O–H groups in total. The number of fused-ring (bicyclic) bond motifs is 1. The average Bonchev–Trinajstić information content (AvgIpc) is 3.32. The molecule has 1 fully saturated rings. The Hall–Kier alpha value is -2.18. The summed E-state index contributed by atoms with van der Waals surface area (Å²) < 4.78 is 32.5. The van der Waals surface area contributed by atoms with E-state index in [9.17, 15) is 19.2 Å². The Labute approximate surface area is 205 Å². The number of imidazole rings is 1. The van der Waals surface area contributed by atoms with Crippen molar-refractivity contribution < 1.29 is 33.7 Å². The van der Waals surface area contributed by atoms with Crippen LogP contribution in [0.3, 0.4) is 0 Å². The highest BCUT2D eigenvalue weighted by Gasteiger charge is 2.44. The van der Waals surface area contributed by atoms with E-state index in [1.807, 2.05) is 0 Å². The molecule has 3 heterocycles. The van der Waals surface area contributed by atoms with E-state index in [0.29, 0.717) is 23.9 Å². The summed E-state index contributed by atoms with van der Waals surface area (Å²) in [5.41, 5.74) is 0.980. The molecule has 0 saturated carbocycles. The van der Waals surface area contributed by atoms with Crippen LogP contribution in [0.1, 0.15) is 44.0 Å². The molecule has 190 valence electrons. The summed E-state index contributed by atoms with van der Waals surface area (Å²) in [5.74, 6) is -0.116. The Morgan fingerprint density at radius 1 is 1.23 bits per heavy atom. The van der Waals surface area contributed by atoms with Crippen LogP contribution in [0, 0.1) is 5.82 Å². The predicted octanol–water partition coefficient (Wildman–Crippen LogP) is 2.76. The lowest BCUT2D eigenvalue weighted by Crippen LogP contribution is -2.31. The monoisotopic (exact) mass is 529 g/mol. The number of aromatic nitrogens is 4. The highest BCUT2D eigenvalue weighted by Crippen LogP contribution is 2.38. The number of ether oxygens (including phenoxy) is 1. The topological polar surface area (TPSA) is 163 Å². The van der Waals surface area contributed by atoms with E-state index in [-0.39, 0.29) is 35.1 Å². The molecule has 35 heavy (non-hydrogen) atoms. The van der Waals surface area contributed by atoms with Crippen LogP contribution < -0.4 is 5.32 Å². The maximum Gasteiger partial charge on any atom is 0.325 e. The molecule has 1 aliphatic rings. The lowest BCUT2D eigenvalue weighted by molar-refractivity contribution is -0.0373. The molecule has 1 saturated heterocycles. The second kappa shape index (κ2) is 10.4. The van der Waals surface area contributed by atoms with Crippen LogP contribution in [0.2, 0.25) is 5.28 Å². The number of hydrogen-bond acceptors (Lipinski definition) is 8. The Bertz CT molecular complexity index is 1240. The largest absolute Gasteiger partial charge is 0.388 e. The first-order valence-corrected chi connectivity index (χ1v) is 13.2. The molecule has 14 heteroatoms. The number of hydrogen-bond donors (Lipinski definition) is 5. The van der Waals surface area contributed by atoms with Crippen molar-refractivity contribution in [3.63, 3.8) is 0 Å². The molecule has 2 aromatic heterocycles. The number of aliphatic hydroxyl groups is 2. The highest BCUT2D eigenvalue weighted by molar-refractivity contribution is 7.51. The molecular weight excluding hydrogens is 504 g/mol. The Balaban J connectivity index is 1.54. The lowest BCUT2D eigenvalue weighted by Gasteiger charge is -2.18. The van der Waals surface area contributed by atoms with Crippen molar-refractivity contribution in [1.29, 1.82) is 0 Å². The van der Waals surface area contributed by atoms with Crippen molar-refractivity contribution in [2.75, 3.05) is 11.5 Å². The van der Waals surface area contributed by atoms with Crippen LogP contribution in [-0.4, -0.2) is 64.0 Å². The number of nitrogens with zero attached hydrogens (tertiary/aromatic N) is 4. The van der Waals surface area contributed by atoms with Gasteiger partial charge in [0.25, 0.3) is 0 Å². The van der Waals surface area contributed by atoms with E-state index in [1.165, 1.54) is 17.0 Å². The van der Waals surface area contributed by atoms with E-state index in [1.54, 1.807) is 25.1 Å². The Kier molecular flexibility index (Phi) is 7.72. The van der Waals surface area contributed by atoms with E-state index in [4.69, 9.17) is 26.1 Å². The molecule has 11 nitrogen and oxygen atoms in total. The highest BCUT2D eigenvalue weighted by atomic mass is 35.5. The minimum atomic E-state index is -4.09. The molecule has 1 aromatic carbocycles. The summed E-state index contributed by atoms with van der Waals surface area (Å²) in [6, 6.07) is 5.86. The van der Waals surface area contributed by atoms with E-state index in [2.05, 4.69) is 20.3 Å². The van der Waals surface area contributed by atoms with Gasteiger partial charge in [-0.25, -0.2) is 9.37 Å². The first-order chi connectivity index (χ1) is 16.5. The van der Waals surface area contributed by atoms with Gasteiger partial charge in [-0.2, -0.15) is 9.97 Å². The number of aliphatic hydroxyl groups excluding tert-OH is 2. The van der Waals surface area contributed by atoms with Crippen molar-refractivity contribution in [3.05, 3.63) is 47.3 Å². The standard InChI is InChI=1S/C21H26ClFN5O6P/c1-11(12-6-2-3-7-13(12)23)25-18-15-19(27-21(22)26-18)28(10-24-15)20-17(30)16(29)14(34-20)8-4-5-9-35(31,32)33/h2-3,6-7,10-11,14,16-17,20,29-30H,4-5,8-9H2,1H3,(H,25,26,27)(H2,31,32,33)/t11-,14?,16?,17?,20?/m0/s1. The Morgan fingerprint density at radius 3 is 2.69 bits per heavy atom. The second-order valence-corrected chi connectivity index (χ2v) is 10.6. The van der Waals surface area contributed by atoms with Crippen LogP contribution in [0.5, 0.6) is 0 Å². The molecule has 5 atom stereocenters. The van der Waals surface area contributed by atoms with Crippen LogP contribution in [-0.2, 0) is 9.30 Å². The van der Waals surface area contributed by atoms with Crippen molar-refractivity contribution in [2.24, 2.45) is 0 Å². The SMILES string of the molecule is C[C@H](Nc1nc(Cl)nc2c1ncn2C1OC(CCCCP(=O)(O)O)C(O)C1O)c1ccccc1F. The summed E-state index contributed by atoms with van der Waals surface area (Å²) in [5, 5.41) is 24.1. The summed E-state index contributed by atoms with van der Waals surface area (Å²) >= 11 is 6.14. The van der Waals surface area contributed by atoms with E-state index >= 15 is 0 Å². The van der Waals surface area contributed by atoms with Crippen LogP contribution in [0.15, 0.2) is 30.6 Å². The van der Waals surface area contributed by atoms with Gasteiger partial charge in [-0.05, 0) is 37.4 Å². The van der Waals surface area contributed by atoms with Gasteiger partial charge in [0, 0.05) is 11.7 Å². The Morgan fingerprint density at radius 2 is 1.97 bits per heavy atom. The number of rotatable bonds is 9. The summed E-state index contributed by atoms with van der Waals surface area (Å²) in [6.45, 7) is 1.76. The first kappa shape index (κ1) is 25.9. The zero-order chi connectivity index (χ0) is 25.3. The summed E-state index contributed by atoms with van der Waals surface area (Å²) in [7, 11) is -4.09. The zero-order valence-electron chi connectivity index (χ0n) is 18.7. The van der Waals surface area contributed by atoms with Gasteiger partial charge in [0.15, 0.2) is 23.2 Å². The van der Waals surface area contributed by atoms with Crippen molar-refractivity contribution in [3.8, 4) is 0 Å². The quantitative estimate of drug-likeness (QED) is 0.158. The van der Waals surface area contributed by atoms with Crippen molar-refractivity contribution >= 4 is 36.2 Å². The molecule has 4 unspecified atom stereocenters. The van der Waals surface area contributed by atoms with Crippen LogP contribution in [0.25, 0.3) is 11.2 Å². The fourth-order valence-electron chi connectivity index (χ4n) is 4.15. The van der Waals surface area contributed by atoms with Crippen LogP contribution in [0.4, 0.5) is 10.2 Å². The van der Waals surface area contributed by atoms with Gasteiger partial charge in [-0.3, -0.25) is 9.13 Å². The lowest BCUT2D eigenvalue weighted by atomic mass is 10.1. The maximum absolute atomic E-state index is 14.2. The summed E-state index contributed by atoms with van der Waals surface area (Å²) in [4.78, 5) is 30.7. The first-order valence-electron chi connectivity index (χ1n) is 11.0. The van der Waals surface area contributed by atoms with Gasteiger partial charge in [0.05, 0.1) is 18.5 Å². The fourth-order valence-corrected chi connectivity index (χ4v) is 4.95. The molecule has 0 radical (unpaired) electrons. The molecule has 4 rings (SSSR count). The number of nitrogens with one attached hydrogen (secondary N) is 1. The van der Waals surface area contributed by atoms with E-state index < -0.39 is 38.2 Å². The predicted molar refractivity (Wildman–Crippen MR) is 125 cm³/mol. The number of unbranched alkanes of at least 4 members (excludes halogenated alkanes) is 1. The maximum atomic E-state index is 14.2. The minimum Gasteiger partial charge on any atom is -0.388 e. The van der Waals surface area contributed by atoms with Gasteiger partial charge < -0.3 is 30.1 Å². The number of benzene rings is 1. The molecule has 0 amide bonds. The van der Waals surface area contributed by atoms with Gasteiger partial charge in [0.2, 0.25) is 5.28 Å². The smallest absolute Gasteiger partial charge is 0.325 e. The minimum absolute atomic E-state index is 0.107. The molecule has 0 aliphatic carbocycles. The fraction of sp³-hybridized carbons (Fsp3) is 0.476. The normalized spacial score (nSPS) is 23.6. The average molecular weight is 530 g/mol. The van der Waals surface area contributed by atoms with Crippen molar-refractivity contribution in [1.82, 2.24) is 19.5 Å². The molecular formula is C21H26ClFN5O6P. The van der Waals surface area contributed by atoms with Gasteiger partial charge in [-0.15, -0.1) is 0 Å². The third-order valence-corrected chi connectivity index (χ3v) is 6.99. The van der Waals surface area contributed by atoms with E-state index in [0.717, 1.165) is 0 Å². The molecule has 0 spiro atoms. The number of anilines is 1. The van der Waals surface area contributed by atoms with Gasteiger partial charge in [-0.1, -0.05) is 24.6 Å². The van der Waals surface area contributed by atoms with Crippen molar-refractivity contribution in [2.45, 2.75) is 56.8 Å². The third kappa shape index (κ3) is 5.80. The van der Waals surface area contributed by atoms with Crippen LogP contribution >= 0.6 is 19.2 Å². The molecule has 0 bridgehead atoms. The van der Waals surface area contributed by atoms with Gasteiger partial charge in [0.1, 0.15) is 18.0 Å². The van der Waals surface area contributed by atoms with Gasteiger partial charge >= 0.3 is 7.60 Å². The molecule has 3 aromatic rings.